The smallest absolute Gasteiger partial charge is 0.137 e. The maximum Gasteiger partial charge on any atom is 0.137 e. The van der Waals surface area contributed by atoms with Gasteiger partial charge >= 0.3 is 0 Å². The molecule has 0 aromatic heterocycles. The van der Waals surface area contributed by atoms with Gasteiger partial charge in [-0.2, -0.15) is 0 Å². The van der Waals surface area contributed by atoms with E-state index in [4.69, 9.17) is 4.74 Å². The van der Waals surface area contributed by atoms with Gasteiger partial charge in [0.05, 0.1) is 12.6 Å². The second-order valence-electron chi connectivity index (χ2n) is 6.24. The molecule has 1 saturated heterocycles. The summed E-state index contributed by atoms with van der Waals surface area (Å²) in [7, 11) is 0. The van der Waals surface area contributed by atoms with Gasteiger partial charge in [0, 0.05) is 0 Å². The van der Waals surface area contributed by atoms with Gasteiger partial charge in [-0.3, -0.25) is 0 Å². The van der Waals surface area contributed by atoms with Crippen LogP contribution in [0.5, 0.6) is 5.75 Å². The molecule has 3 atom stereocenters. The molecule has 2 N–H and O–H groups in total. The van der Waals surface area contributed by atoms with E-state index in [1.54, 1.807) is 0 Å². The molecule has 3 nitrogen and oxygen atoms in total. The number of quaternary nitrogens is 1. The highest BCUT2D eigenvalue weighted by atomic mass is 16.5. The first-order chi connectivity index (χ1) is 9.56. The molecule has 112 valence electrons. The van der Waals surface area contributed by atoms with Gasteiger partial charge in [0.2, 0.25) is 0 Å². The molecular formula is C17H28NO2+. The van der Waals surface area contributed by atoms with E-state index in [1.807, 2.05) is 13.0 Å². The Kier molecular flexibility index (Phi) is 5.44. The van der Waals surface area contributed by atoms with Crippen molar-refractivity contribution in [2.24, 2.45) is 0 Å². The van der Waals surface area contributed by atoms with Crippen LogP contribution >= 0.6 is 0 Å². The molecule has 1 aliphatic heterocycles. The molecule has 1 aromatic rings. The fraction of sp³-hybridized carbons (Fsp3) is 0.647. The van der Waals surface area contributed by atoms with Gasteiger partial charge in [-0.1, -0.05) is 12.1 Å². The maximum absolute atomic E-state index is 10.2. The van der Waals surface area contributed by atoms with Crippen molar-refractivity contribution in [3.63, 3.8) is 0 Å². The number of likely N-dealkylation sites (tertiary alicyclic amines) is 1. The number of aliphatic hydroxyl groups is 1. The molecule has 0 saturated carbocycles. The van der Waals surface area contributed by atoms with E-state index in [0.717, 1.165) is 17.9 Å². The third-order valence-corrected chi connectivity index (χ3v) is 4.35. The summed E-state index contributed by atoms with van der Waals surface area (Å²) in [6.45, 7) is 8.75. The Bertz CT molecular complexity index is 433. The predicted molar refractivity (Wildman–Crippen MR) is 81.4 cm³/mol. The Hall–Kier alpha value is -1.06. The molecule has 0 spiro atoms. The van der Waals surface area contributed by atoms with Crippen molar-refractivity contribution >= 4 is 0 Å². The molecule has 1 aromatic carbocycles. The molecule has 20 heavy (non-hydrogen) atoms. The van der Waals surface area contributed by atoms with Crippen LogP contribution in [0.1, 0.15) is 37.3 Å². The largest absolute Gasteiger partial charge is 0.490 e. The zero-order chi connectivity index (χ0) is 14.5. The summed E-state index contributed by atoms with van der Waals surface area (Å²) in [5.74, 6) is 0.894. The number of ether oxygens (including phenoxy) is 1. The summed E-state index contributed by atoms with van der Waals surface area (Å²) in [4.78, 5) is 1.52. The van der Waals surface area contributed by atoms with Crippen LogP contribution in [0.2, 0.25) is 0 Å². The quantitative estimate of drug-likeness (QED) is 0.856. The lowest BCUT2D eigenvalue weighted by Crippen LogP contribution is -3.17. The second kappa shape index (κ2) is 7.09. The number of piperidine rings is 1. The van der Waals surface area contributed by atoms with E-state index in [2.05, 4.69) is 26.0 Å². The van der Waals surface area contributed by atoms with Crippen LogP contribution in [-0.2, 0) is 0 Å². The predicted octanol–water partition coefficient (Wildman–Crippen LogP) is 1.50. The fourth-order valence-electron chi connectivity index (χ4n) is 2.97. The third-order valence-electron chi connectivity index (χ3n) is 4.35. The molecule has 1 fully saturated rings. The lowest BCUT2D eigenvalue weighted by Gasteiger charge is -2.31. The first kappa shape index (κ1) is 15.3. The van der Waals surface area contributed by atoms with Gasteiger partial charge in [-0.15, -0.1) is 0 Å². The van der Waals surface area contributed by atoms with Crippen molar-refractivity contribution in [1.29, 1.82) is 0 Å². The minimum absolute atomic E-state index is 0.384. The monoisotopic (exact) mass is 278 g/mol. The average Bonchev–Trinajstić information content (AvgIpc) is 2.42. The summed E-state index contributed by atoms with van der Waals surface area (Å²) in [5, 5.41) is 10.2. The first-order valence-electron chi connectivity index (χ1n) is 7.79. The molecule has 3 heteroatoms. The SMILES string of the molecule is Cc1ccc(C)c(OC[C@H](O)C[NH+]2CCCC[C@@H]2C)c1. The minimum Gasteiger partial charge on any atom is -0.490 e. The van der Waals surface area contributed by atoms with Crippen molar-refractivity contribution in [1.82, 2.24) is 0 Å². The van der Waals surface area contributed by atoms with Gasteiger partial charge in [-0.25, -0.2) is 0 Å². The molecule has 2 rings (SSSR count). The molecule has 0 bridgehead atoms. The highest BCUT2D eigenvalue weighted by Crippen LogP contribution is 2.19. The molecule has 1 unspecified atom stereocenters. The summed E-state index contributed by atoms with van der Waals surface area (Å²) in [6, 6.07) is 6.85. The number of rotatable bonds is 5. The van der Waals surface area contributed by atoms with Crippen LogP contribution in [0.3, 0.4) is 0 Å². The van der Waals surface area contributed by atoms with E-state index in [0.29, 0.717) is 12.6 Å². The molecule has 1 heterocycles. The van der Waals surface area contributed by atoms with Crippen LogP contribution in [0.4, 0.5) is 0 Å². The second-order valence-corrected chi connectivity index (χ2v) is 6.24. The zero-order valence-electron chi connectivity index (χ0n) is 13.0. The number of benzene rings is 1. The number of aryl methyl sites for hydroxylation is 2. The van der Waals surface area contributed by atoms with E-state index in [1.165, 1.54) is 36.3 Å². The van der Waals surface area contributed by atoms with Gasteiger partial charge in [0.15, 0.2) is 0 Å². The van der Waals surface area contributed by atoms with E-state index in [9.17, 15) is 5.11 Å². The standard InChI is InChI=1S/C17H27NO2/c1-13-7-8-14(2)17(10-13)20-12-16(19)11-18-9-5-4-6-15(18)3/h7-8,10,15-16,19H,4-6,9,11-12H2,1-3H3/p+1/t15-,16+/m0/s1. The van der Waals surface area contributed by atoms with E-state index in [-0.39, 0.29) is 6.10 Å². The molecule has 0 aliphatic carbocycles. The van der Waals surface area contributed by atoms with Crippen molar-refractivity contribution in [2.75, 3.05) is 19.7 Å². The Morgan fingerprint density at radius 1 is 1.35 bits per heavy atom. The number of aliphatic hydroxyl groups excluding tert-OH is 1. The fourth-order valence-corrected chi connectivity index (χ4v) is 2.97. The zero-order valence-corrected chi connectivity index (χ0v) is 13.0. The normalized spacial score (nSPS) is 24.4. The topological polar surface area (TPSA) is 33.9 Å². The Balaban J connectivity index is 1.82. The van der Waals surface area contributed by atoms with Gasteiger partial charge in [-0.05, 0) is 57.2 Å². The van der Waals surface area contributed by atoms with E-state index < -0.39 is 0 Å². The van der Waals surface area contributed by atoms with Crippen LogP contribution in [0.25, 0.3) is 0 Å². The summed E-state index contributed by atoms with van der Waals surface area (Å²) >= 11 is 0. The molecule has 0 radical (unpaired) electrons. The van der Waals surface area contributed by atoms with E-state index >= 15 is 0 Å². The Labute approximate surface area is 122 Å². The number of hydrogen-bond acceptors (Lipinski definition) is 2. The highest BCUT2D eigenvalue weighted by molar-refractivity contribution is 5.35. The number of nitrogens with one attached hydrogen (secondary N) is 1. The summed E-state index contributed by atoms with van der Waals surface area (Å²) < 4.78 is 5.79. The van der Waals surface area contributed by atoms with Crippen molar-refractivity contribution in [2.45, 2.75) is 52.2 Å². The highest BCUT2D eigenvalue weighted by Gasteiger charge is 2.24. The first-order valence-corrected chi connectivity index (χ1v) is 7.79. The summed E-state index contributed by atoms with van der Waals surface area (Å²) in [5.41, 5.74) is 2.32. The lowest BCUT2D eigenvalue weighted by molar-refractivity contribution is -0.931. The van der Waals surface area contributed by atoms with Gasteiger partial charge in [0.25, 0.3) is 0 Å². The van der Waals surface area contributed by atoms with Crippen LogP contribution in [0, 0.1) is 13.8 Å². The summed E-state index contributed by atoms with van der Waals surface area (Å²) in [6.07, 6.45) is 3.51. The molecule has 1 aliphatic rings. The van der Waals surface area contributed by atoms with Crippen molar-refractivity contribution < 1.29 is 14.7 Å². The average molecular weight is 278 g/mol. The third kappa shape index (κ3) is 4.22. The lowest BCUT2D eigenvalue weighted by atomic mass is 10.0. The van der Waals surface area contributed by atoms with Crippen LogP contribution < -0.4 is 9.64 Å². The van der Waals surface area contributed by atoms with Crippen molar-refractivity contribution in [3.05, 3.63) is 29.3 Å². The number of hydrogen-bond donors (Lipinski definition) is 2. The molecule has 0 amide bonds. The maximum atomic E-state index is 10.2. The molecular weight excluding hydrogens is 250 g/mol. The van der Waals surface area contributed by atoms with Gasteiger partial charge < -0.3 is 14.7 Å². The van der Waals surface area contributed by atoms with Crippen LogP contribution in [-0.4, -0.2) is 36.9 Å². The van der Waals surface area contributed by atoms with Gasteiger partial charge in [0.1, 0.15) is 25.0 Å². The van der Waals surface area contributed by atoms with Crippen LogP contribution in [0.15, 0.2) is 18.2 Å². The Morgan fingerprint density at radius 2 is 2.15 bits per heavy atom. The minimum atomic E-state index is -0.384. The van der Waals surface area contributed by atoms with Crippen molar-refractivity contribution in [3.8, 4) is 5.75 Å². The Morgan fingerprint density at radius 3 is 2.90 bits per heavy atom.